The molecule has 2 aromatic rings. The number of rotatable bonds is 7. The van der Waals surface area contributed by atoms with Crippen molar-refractivity contribution in [1.82, 2.24) is 10.2 Å². The molecule has 2 heterocycles. The summed E-state index contributed by atoms with van der Waals surface area (Å²) in [5.41, 5.74) is 1.50. The average molecular weight is 387 g/mol. The lowest BCUT2D eigenvalue weighted by Crippen LogP contribution is -2.41. The maximum Gasteiger partial charge on any atom is 0.261 e. The van der Waals surface area contributed by atoms with Gasteiger partial charge in [-0.25, -0.2) is 0 Å². The highest BCUT2D eigenvalue weighted by atomic mass is 32.1. The van der Waals surface area contributed by atoms with Crippen LogP contribution in [0.4, 0.5) is 0 Å². The number of nitrogens with zero attached hydrogens (tertiary/aromatic N) is 1. The second kappa shape index (κ2) is 7.90. The van der Waals surface area contributed by atoms with E-state index in [2.05, 4.69) is 22.1 Å². The van der Waals surface area contributed by atoms with E-state index in [1.54, 1.807) is 18.4 Å². The zero-order chi connectivity index (χ0) is 18.7. The Morgan fingerprint density at radius 2 is 2.04 bits per heavy atom. The van der Waals surface area contributed by atoms with Gasteiger partial charge in [0, 0.05) is 12.6 Å². The van der Waals surface area contributed by atoms with E-state index >= 15 is 0 Å². The van der Waals surface area contributed by atoms with Crippen molar-refractivity contribution in [2.75, 3.05) is 26.8 Å². The maximum atomic E-state index is 13.1. The Balaban J connectivity index is 1.46. The van der Waals surface area contributed by atoms with Crippen LogP contribution in [-0.4, -0.2) is 43.7 Å². The number of carbonyl (C=O) groups excluding carboxylic acids is 1. The predicted octanol–water partition coefficient (Wildman–Crippen LogP) is 3.31. The van der Waals surface area contributed by atoms with Crippen LogP contribution in [0.3, 0.4) is 0 Å². The number of ether oxygens (including phenoxy) is 2. The Kier molecular flexibility index (Phi) is 5.36. The van der Waals surface area contributed by atoms with E-state index in [4.69, 9.17) is 9.47 Å². The highest BCUT2D eigenvalue weighted by Gasteiger charge is 2.57. The number of hydrogen-bond acceptors (Lipinski definition) is 5. The summed E-state index contributed by atoms with van der Waals surface area (Å²) < 4.78 is 11.1. The number of methoxy groups -OCH3 is 1. The molecule has 1 saturated heterocycles. The lowest BCUT2D eigenvalue weighted by Gasteiger charge is -2.29. The molecule has 0 radical (unpaired) electrons. The van der Waals surface area contributed by atoms with Gasteiger partial charge >= 0.3 is 0 Å². The molecule has 2 aliphatic rings. The third kappa shape index (κ3) is 3.96. The van der Waals surface area contributed by atoms with Crippen LogP contribution in [0, 0.1) is 5.41 Å². The number of nitrogens with one attached hydrogen (secondary N) is 1. The van der Waals surface area contributed by atoms with E-state index in [0.717, 1.165) is 32.4 Å². The molecule has 1 aliphatic heterocycles. The first-order chi connectivity index (χ1) is 13.2. The van der Waals surface area contributed by atoms with Gasteiger partial charge < -0.3 is 19.7 Å². The number of para-hydroxylation sites is 2. The number of benzene rings is 1. The van der Waals surface area contributed by atoms with E-state index in [-0.39, 0.29) is 12.5 Å². The van der Waals surface area contributed by atoms with Crippen molar-refractivity contribution in [3.05, 3.63) is 46.7 Å². The molecule has 2 fully saturated rings. The second-order valence-corrected chi connectivity index (χ2v) is 8.21. The van der Waals surface area contributed by atoms with Gasteiger partial charge in [-0.2, -0.15) is 11.3 Å². The monoisotopic (exact) mass is 386 g/mol. The molecule has 1 amide bonds. The van der Waals surface area contributed by atoms with Crippen molar-refractivity contribution < 1.29 is 14.3 Å². The van der Waals surface area contributed by atoms with Gasteiger partial charge in [0.1, 0.15) is 0 Å². The predicted molar refractivity (Wildman–Crippen MR) is 106 cm³/mol. The van der Waals surface area contributed by atoms with Crippen molar-refractivity contribution in [3.63, 3.8) is 0 Å². The molecule has 1 aromatic carbocycles. The fraction of sp³-hybridized carbons (Fsp3) is 0.476. The van der Waals surface area contributed by atoms with E-state index in [0.29, 0.717) is 29.5 Å². The standard InChI is InChI=1S/C21H26N2O3S/c1-25-17-4-2-3-5-18(17)26-14-20(24)23(13-16-6-11-27-15-16)19-12-21(19)7-9-22-10-8-21/h2-6,11,15,19,22H,7-10,12-14H2,1H3. The topological polar surface area (TPSA) is 50.8 Å². The zero-order valence-electron chi connectivity index (χ0n) is 15.6. The molecule has 1 spiro atoms. The van der Waals surface area contributed by atoms with Crippen molar-refractivity contribution in [2.45, 2.75) is 31.8 Å². The first-order valence-electron chi connectivity index (χ1n) is 9.49. The van der Waals surface area contributed by atoms with Crippen LogP contribution in [0.1, 0.15) is 24.8 Å². The van der Waals surface area contributed by atoms with Gasteiger partial charge in [-0.15, -0.1) is 0 Å². The SMILES string of the molecule is COc1ccccc1OCC(=O)N(Cc1ccsc1)C1CC12CCNCC2. The van der Waals surface area contributed by atoms with Gasteiger partial charge in [-0.1, -0.05) is 12.1 Å². The Morgan fingerprint density at radius 1 is 1.26 bits per heavy atom. The van der Waals surface area contributed by atoms with E-state index < -0.39 is 0 Å². The summed E-state index contributed by atoms with van der Waals surface area (Å²) in [6, 6.07) is 9.88. The van der Waals surface area contributed by atoms with Crippen molar-refractivity contribution in [2.24, 2.45) is 5.41 Å². The fourth-order valence-electron chi connectivity index (χ4n) is 4.14. The van der Waals surface area contributed by atoms with Crippen LogP contribution in [0.2, 0.25) is 0 Å². The number of piperidine rings is 1. The van der Waals surface area contributed by atoms with Gasteiger partial charge in [0.15, 0.2) is 18.1 Å². The molecule has 1 unspecified atom stereocenters. The number of hydrogen-bond donors (Lipinski definition) is 1. The van der Waals surface area contributed by atoms with Crippen LogP contribution >= 0.6 is 11.3 Å². The van der Waals surface area contributed by atoms with Crippen LogP contribution in [0.15, 0.2) is 41.1 Å². The van der Waals surface area contributed by atoms with E-state index in [1.165, 1.54) is 5.56 Å². The van der Waals surface area contributed by atoms with Crippen molar-refractivity contribution in [1.29, 1.82) is 0 Å². The minimum atomic E-state index is 0.0370. The molecule has 0 bridgehead atoms. The molecule has 5 nitrogen and oxygen atoms in total. The molecule has 144 valence electrons. The molecule has 27 heavy (non-hydrogen) atoms. The Hall–Kier alpha value is -2.05. The molecular formula is C21H26N2O3S. The summed E-state index contributed by atoms with van der Waals surface area (Å²) in [7, 11) is 1.61. The average Bonchev–Trinajstić information content (AvgIpc) is 3.13. The minimum absolute atomic E-state index is 0.0370. The summed E-state index contributed by atoms with van der Waals surface area (Å²) in [6.07, 6.45) is 3.41. The largest absolute Gasteiger partial charge is 0.493 e. The van der Waals surface area contributed by atoms with Crippen LogP contribution in [0.25, 0.3) is 0 Å². The minimum Gasteiger partial charge on any atom is -0.493 e. The van der Waals surface area contributed by atoms with Crippen LogP contribution in [-0.2, 0) is 11.3 Å². The Morgan fingerprint density at radius 3 is 2.74 bits per heavy atom. The molecule has 4 rings (SSSR count). The molecule has 1 aromatic heterocycles. The van der Waals surface area contributed by atoms with Crippen LogP contribution in [0.5, 0.6) is 11.5 Å². The number of carbonyl (C=O) groups is 1. The van der Waals surface area contributed by atoms with Crippen LogP contribution < -0.4 is 14.8 Å². The molecular weight excluding hydrogens is 360 g/mol. The fourth-order valence-corrected chi connectivity index (χ4v) is 4.80. The van der Waals surface area contributed by atoms with Crippen molar-refractivity contribution >= 4 is 17.2 Å². The molecule has 6 heteroatoms. The van der Waals surface area contributed by atoms with Gasteiger partial charge in [0.05, 0.1) is 7.11 Å². The third-order valence-corrected chi connectivity index (χ3v) is 6.53. The van der Waals surface area contributed by atoms with Gasteiger partial charge in [0.2, 0.25) is 0 Å². The van der Waals surface area contributed by atoms with E-state index in [1.807, 2.05) is 29.2 Å². The maximum absolute atomic E-state index is 13.1. The third-order valence-electron chi connectivity index (χ3n) is 5.80. The highest BCUT2D eigenvalue weighted by molar-refractivity contribution is 7.07. The van der Waals surface area contributed by atoms with E-state index in [9.17, 15) is 4.79 Å². The quantitative estimate of drug-likeness (QED) is 0.793. The Bertz CT molecular complexity index is 771. The molecule has 1 saturated carbocycles. The summed E-state index contributed by atoms with van der Waals surface area (Å²) in [5.74, 6) is 1.31. The first kappa shape index (κ1) is 18.3. The van der Waals surface area contributed by atoms with Gasteiger partial charge in [-0.3, -0.25) is 4.79 Å². The zero-order valence-corrected chi connectivity index (χ0v) is 16.5. The smallest absolute Gasteiger partial charge is 0.261 e. The van der Waals surface area contributed by atoms with Crippen molar-refractivity contribution in [3.8, 4) is 11.5 Å². The lowest BCUT2D eigenvalue weighted by atomic mass is 9.93. The highest BCUT2D eigenvalue weighted by Crippen LogP contribution is 2.56. The summed E-state index contributed by atoms with van der Waals surface area (Å²) in [5, 5.41) is 7.62. The molecule has 1 aliphatic carbocycles. The number of amides is 1. The molecule has 1 atom stereocenters. The normalized spacial score (nSPS) is 20.3. The lowest BCUT2D eigenvalue weighted by molar-refractivity contribution is -0.135. The summed E-state index contributed by atoms with van der Waals surface area (Å²) >= 11 is 1.67. The first-order valence-corrected chi connectivity index (χ1v) is 10.4. The molecule has 1 N–H and O–H groups in total. The Labute approximate surface area is 164 Å². The number of thiophene rings is 1. The van der Waals surface area contributed by atoms with Gasteiger partial charge in [-0.05, 0) is 72.3 Å². The van der Waals surface area contributed by atoms with Gasteiger partial charge in [0.25, 0.3) is 5.91 Å². The summed E-state index contributed by atoms with van der Waals surface area (Å²) in [6.45, 7) is 2.80. The summed E-state index contributed by atoms with van der Waals surface area (Å²) in [4.78, 5) is 15.1. The second-order valence-electron chi connectivity index (χ2n) is 7.43.